The maximum Gasteiger partial charge on any atom is 0.365 e. The maximum absolute atomic E-state index is 15.1. The van der Waals surface area contributed by atoms with Gasteiger partial charge >= 0.3 is 5.69 Å². The second kappa shape index (κ2) is 4.81. The van der Waals surface area contributed by atoms with Crippen molar-refractivity contribution in [1.29, 1.82) is 0 Å². The van der Waals surface area contributed by atoms with Crippen molar-refractivity contribution in [3.63, 3.8) is 0 Å². The molecule has 1 aliphatic heterocycles. The van der Waals surface area contributed by atoms with Crippen LogP contribution in [-0.4, -0.2) is 27.6 Å². The van der Waals surface area contributed by atoms with Gasteiger partial charge in [0, 0.05) is 19.1 Å². The van der Waals surface area contributed by atoms with Crippen molar-refractivity contribution < 1.29 is 14.0 Å². The second-order valence-corrected chi connectivity index (χ2v) is 6.11. The molecule has 1 N–H and O–H groups in total. The Bertz CT molecular complexity index is 924. The van der Waals surface area contributed by atoms with Crippen LogP contribution >= 0.6 is 0 Å². The summed E-state index contributed by atoms with van der Waals surface area (Å²) in [6, 6.07) is 0.648. The van der Waals surface area contributed by atoms with E-state index in [9.17, 15) is 19.2 Å². The minimum absolute atomic E-state index is 0.0743. The van der Waals surface area contributed by atoms with E-state index in [4.69, 9.17) is 0 Å². The third-order valence-corrected chi connectivity index (χ3v) is 4.55. The highest BCUT2D eigenvalue weighted by atomic mass is 19.1. The summed E-state index contributed by atoms with van der Waals surface area (Å²) in [5, 5.41) is 9.32. The van der Waals surface area contributed by atoms with E-state index in [-0.39, 0.29) is 27.4 Å². The molecule has 1 aromatic carbocycles. The average Bonchev–Trinajstić information content (AvgIpc) is 3.21. The van der Waals surface area contributed by atoms with Crippen molar-refractivity contribution in [1.82, 2.24) is 9.30 Å². The fourth-order valence-corrected chi connectivity index (χ4v) is 3.30. The van der Waals surface area contributed by atoms with Gasteiger partial charge in [-0.25, -0.2) is 13.6 Å². The largest absolute Gasteiger partial charge is 0.421 e. The van der Waals surface area contributed by atoms with E-state index in [0.717, 1.165) is 23.5 Å². The summed E-state index contributed by atoms with van der Waals surface area (Å²) in [4.78, 5) is 25.8. The Morgan fingerprint density at radius 1 is 1.13 bits per heavy atom. The van der Waals surface area contributed by atoms with Gasteiger partial charge in [-0.1, -0.05) is 4.73 Å². The highest BCUT2D eigenvalue weighted by Crippen LogP contribution is 2.38. The van der Waals surface area contributed by atoms with E-state index in [1.807, 2.05) is 0 Å². The van der Waals surface area contributed by atoms with Crippen LogP contribution in [0.5, 0.6) is 0 Å². The highest BCUT2D eigenvalue weighted by Gasteiger charge is 2.32. The second-order valence-electron chi connectivity index (χ2n) is 6.11. The predicted molar refractivity (Wildman–Crippen MR) is 79.3 cm³/mol. The number of nitrogens with zero attached hydrogens (tertiary/aromatic N) is 3. The average molecular weight is 323 g/mol. The monoisotopic (exact) mass is 323 g/mol. The van der Waals surface area contributed by atoms with Crippen LogP contribution < -0.4 is 16.1 Å². The predicted octanol–water partition coefficient (Wildman–Crippen LogP) is 1.61. The summed E-state index contributed by atoms with van der Waals surface area (Å²) < 4.78 is 30.4. The van der Waals surface area contributed by atoms with Gasteiger partial charge in [0.15, 0.2) is 5.82 Å². The molecule has 2 heterocycles. The van der Waals surface area contributed by atoms with Gasteiger partial charge < -0.3 is 10.1 Å². The van der Waals surface area contributed by atoms with Gasteiger partial charge in [-0.15, -0.1) is 0 Å². The molecule has 0 unspecified atom stereocenters. The van der Waals surface area contributed by atoms with E-state index in [1.165, 1.54) is 0 Å². The van der Waals surface area contributed by atoms with Crippen molar-refractivity contribution in [2.75, 3.05) is 18.0 Å². The van der Waals surface area contributed by atoms with E-state index in [0.29, 0.717) is 25.9 Å². The number of hydrogen-bond acceptors (Lipinski definition) is 4. The van der Waals surface area contributed by atoms with Crippen molar-refractivity contribution in [2.24, 2.45) is 0 Å². The van der Waals surface area contributed by atoms with Crippen molar-refractivity contribution in [3.05, 3.63) is 38.5 Å². The lowest BCUT2D eigenvalue weighted by atomic mass is 10.1. The van der Waals surface area contributed by atoms with Crippen molar-refractivity contribution in [2.45, 2.75) is 31.7 Å². The number of fused-ring (bicyclic) bond motifs is 1. The molecule has 23 heavy (non-hydrogen) atoms. The molecule has 2 aliphatic rings. The van der Waals surface area contributed by atoms with Crippen LogP contribution in [0.3, 0.4) is 0 Å². The van der Waals surface area contributed by atoms with Crippen LogP contribution in [0.4, 0.5) is 14.5 Å². The molecule has 0 bridgehead atoms. The minimum atomic E-state index is -1.10. The molecular weight excluding hydrogens is 308 g/mol. The molecule has 0 radical (unpaired) electrons. The van der Waals surface area contributed by atoms with Crippen LogP contribution in [0.15, 0.2) is 15.7 Å². The number of rotatable bonds is 2. The smallest absolute Gasteiger partial charge is 0.365 e. The molecule has 8 heteroatoms. The van der Waals surface area contributed by atoms with Gasteiger partial charge in [0.1, 0.15) is 11.5 Å². The summed E-state index contributed by atoms with van der Waals surface area (Å²) >= 11 is 0. The molecule has 1 aliphatic carbocycles. The standard InChI is InChI=1S/C15H15F2N3O3/c16-10-7-9-12(11(17)13(10)18-5-1-2-6-18)19(8-3-4-8)15(22)20(23)14(9)21/h7-8,23H,1-6H2. The van der Waals surface area contributed by atoms with E-state index >= 15 is 4.39 Å². The first kappa shape index (κ1) is 14.2. The van der Waals surface area contributed by atoms with Crippen LogP contribution in [0.2, 0.25) is 0 Å². The summed E-state index contributed by atoms with van der Waals surface area (Å²) in [6.07, 6.45) is 2.99. The number of halogens is 2. The molecule has 1 aromatic heterocycles. The molecule has 4 rings (SSSR count). The Balaban J connectivity index is 2.13. The van der Waals surface area contributed by atoms with Gasteiger partial charge in [-0.05, 0) is 31.7 Å². The van der Waals surface area contributed by atoms with Crippen LogP contribution in [0, 0.1) is 11.6 Å². The molecule has 2 aromatic rings. The molecule has 1 saturated carbocycles. The summed E-state index contributed by atoms with van der Waals surface area (Å²) in [5.74, 6) is -1.75. The molecule has 0 amide bonds. The lowest BCUT2D eigenvalue weighted by Gasteiger charge is -2.21. The summed E-state index contributed by atoms with van der Waals surface area (Å²) in [5.41, 5.74) is -2.49. The van der Waals surface area contributed by atoms with Crippen molar-refractivity contribution >= 4 is 16.6 Å². The summed E-state index contributed by atoms with van der Waals surface area (Å²) in [7, 11) is 0. The quantitative estimate of drug-likeness (QED) is 0.853. The molecule has 0 atom stereocenters. The number of aromatic nitrogens is 2. The van der Waals surface area contributed by atoms with Gasteiger partial charge in [0.05, 0.1) is 10.9 Å². The normalized spacial score (nSPS) is 18.1. The van der Waals surface area contributed by atoms with E-state index < -0.39 is 22.9 Å². The molecule has 122 valence electrons. The van der Waals surface area contributed by atoms with Gasteiger partial charge in [0.25, 0.3) is 5.56 Å². The van der Waals surface area contributed by atoms with Gasteiger partial charge in [-0.2, -0.15) is 0 Å². The van der Waals surface area contributed by atoms with Crippen LogP contribution in [-0.2, 0) is 0 Å². The van der Waals surface area contributed by atoms with Crippen LogP contribution in [0.25, 0.3) is 10.9 Å². The Labute approximate surface area is 129 Å². The van der Waals surface area contributed by atoms with Crippen LogP contribution in [0.1, 0.15) is 31.7 Å². The maximum atomic E-state index is 15.1. The zero-order valence-electron chi connectivity index (χ0n) is 12.3. The molecule has 0 spiro atoms. The first-order valence-electron chi connectivity index (χ1n) is 7.64. The Morgan fingerprint density at radius 2 is 1.78 bits per heavy atom. The molecule has 6 nitrogen and oxygen atoms in total. The topological polar surface area (TPSA) is 67.5 Å². The SMILES string of the molecule is O=c1c2cc(F)c(N3CCCC3)c(F)c2n(C2CC2)c(=O)n1O. The van der Waals surface area contributed by atoms with E-state index in [1.54, 1.807) is 4.90 Å². The lowest BCUT2D eigenvalue weighted by molar-refractivity contribution is 0.157. The first-order valence-corrected chi connectivity index (χ1v) is 7.64. The van der Waals surface area contributed by atoms with Gasteiger partial charge in [-0.3, -0.25) is 9.36 Å². The zero-order chi connectivity index (χ0) is 16.3. The Morgan fingerprint density at radius 3 is 2.39 bits per heavy atom. The highest BCUT2D eigenvalue weighted by molar-refractivity contribution is 5.83. The van der Waals surface area contributed by atoms with Crippen molar-refractivity contribution in [3.8, 4) is 0 Å². The summed E-state index contributed by atoms with van der Waals surface area (Å²) in [6.45, 7) is 1.06. The minimum Gasteiger partial charge on any atom is -0.421 e. The molecule has 2 fully saturated rings. The fraction of sp³-hybridized carbons (Fsp3) is 0.467. The first-order chi connectivity index (χ1) is 11.0. The van der Waals surface area contributed by atoms with Gasteiger partial charge in [0.2, 0.25) is 0 Å². The Kier molecular flexibility index (Phi) is 2.97. The third kappa shape index (κ3) is 1.97. The fourth-order valence-electron chi connectivity index (χ4n) is 3.30. The zero-order valence-corrected chi connectivity index (χ0v) is 12.3. The number of hydrogen-bond donors (Lipinski definition) is 1. The molecular formula is C15H15F2N3O3. The number of benzene rings is 1. The number of anilines is 1. The third-order valence-electron chi connectivity index (χ3n) is 4.55. The lowest BCUT2D eigenvalue weighted by Crippen LogP contribution is -2.39. The Hall–Kier alpha value is -2.38. The molecule has 1 saturated heterocycles. The van der Waals surface area contributed by atoms with E-state index in [2.05, 4.69) is 0 Å².